The highest BCUT2D eigenvalue weighted by Gasteiger charge is 2.35. The Kier molecular flexibility index (Phi) is 6.77. The zero-order valence-corrected chi connectivity index (χ0v) is 17.8. The number of sulfonamides is 1. The lowest BCUT2D eigenvalue weighted by Crippen LogP contribution is -2.58. The van der Waals surface area contributed by atoms with Gasteiger partial charge < -0.3 is 9.64 Å². The van der Waals surface area contributed by atoms with E-state index in [1.54, 1.807) is 4.90 Å². The third kappa shape index (κ3) is 5.55. The smallest absolute Gasteiger partial charge is 0.219 e. The normalized spacial score (nSPS) is 29.0. The van der Waals surface area contributed by atoms with Crippen molar-refractivity contribution in [1.29, 1.82) is 0 Å². The third-order valence-corrected chi connectivity index (χ3v) is 6.61. The molecule has 1 saturated heterocycles. The molecule has 2 heterocycles. The molecule has 1 aliphatic heterocycles. The Hall–Kier alpha value is -1.45. The standard InChI is InChI=1S/C19H32N4O4S/c1-14(24)23-11-4-5-18(21-28(3,25)26)19(23)13-27-16-8-6-15(7-9-16)17-10-12-22(2)20-17/h10,12,15-16,18-19,21H,4-9,11,13H2,1-3H3/t15?,16?,18-,19-/m0/s1. The van der Waals surface area contributed by atoms with Gasteiger partial charge in [0.2, 0.25) is 15.9 Å². The minimum absolute atomic E-state index is 0.0348. The number of ether oxygens (including phenoxy) is 1. The van der Waals surface area contributed by atoms with Crippen molar-refractivity contribution in [3.05, 3.63) is 18.0 Å². The Labute approximate surface area is 167 Å². The van der Waals surface area contributed by atoms with Gasteiger partial charge in [-0.3, -0.25) is 9.48 Å². The molecule has 1 amide bonds. The van der Waals surface area contributed by atoms with Crippen molar-refractivity contribution in [1.82, 2.24) is 19.4 Å². The second-order valence-corrected chi connectivity index (χ2v) is 9.92. The molecule has 3 rings (SSSR count). The molecule has 2 aliphatic rings. The number of nitrogens with one attached hydrogen (secondary N) is 1. The van der Waals surface area contributed by atoms with Crippen molar-refractivity contribution in [2.75, 3.05) is 19.4 Å². The number of aromatic nitrogens is 2. The Morgan fingerprint density at radius 2 is 2.00 bits per heavy atom. The molecule has 1 aliphatic carbocycles. The molecule has 28 heavy (non-hydrogen) atoms. The molecule has 1 saturated carbocycles. The number of piperidine rings is 1. The van der Waals surface area contributed by atoms with Gasteiger partial charge in [0.1, 0.15) is 0 Å². The fourth-order valence-corrected chi connectivity index (χ4v) is 5.30. The molecule has 1 aromatic rings. The van der Waals surface area contributed by atoms with Crippen LogP contribution in [0.25, 0.3) is 0 Å². The molecular weight excluding hydrogens is 380 g/mol. The largest absolute Gasteiger partial charge is 0.376 e. The molecule has 2 atom stereocenters. The summed E-state index contributed by atoms with van der Waals surface area (Å²) in [5.41, 5.74) is 1.15. The lowest BCUT2D eigenvalue weighted by molar-refractivity contribution is -0.136. The van der Waals surface area contributed by atoms with Crippen molar-refractivity contribution in [3.63, 3.8) is 0 Å². The molecule has 8 nitrogen and oxygen atoms in total. The van der Waals surface area contributed by atoms with Crippen LogP contribution in [0.3, 0.4) is 0 Å². The van der Waals surface area contributed by atoms with E-state index in [1.165, 1.54) is 6.92 Å². The maximum absolute atomic E-state index is 12.1. The highest BCUT2D eigenvalue weighted by atomic mass is 32.2. The van der Waals surface area contributed by atoms with Gasteiger partial charge in [-0.05, 0) is 44.6 Å². The Bertz CT molecular complexity index is 771. The first-order valence-corrected chi connectivity index (χ1v) is 12.0. The number of carbonyl (C=O) groups is 1. The molecule has 9 heteroatoms. The van der Waals surface area contributed by atoms with Gasteiger partial charge in [-0.2, -0.15) is 5.10 Å². The second-order valence-electron chi connectivity index (χ2n) is 8.14. The van der Waals surface area contributed by atoms with Crippen LogP contribution in [0.5, 0.6) is 0 Å². The summed E-state index contributed by atoms with van der Waals surface area (Å²) in [6, 6.07) is 1.53. The summed E-state index contributed by atoms with van der Waals surface area (Å²) in [5, 5.41) is 4.52. The lowest BCUT2D eigenvalue weighted by Gasteiger charge is -2.41. The fraction of sp³-hybridized carbons (Fsp3) is 0.789. The van der Waals surface area contributed by atoms with E-state index in [9.17, 15) is 13.2 Å². The van der Waals surface area contributed by atoms with E-state index in [2.05, 4.69) is 15.9 Å². The average Bonchev–Trinajstić information content (AvgIpc) is 3.06. The monoisotopic (exact) mass is 412 g/mol. The number of hydrogen-bond acceptors (Lipinski definition) is 5. The van der Waals surface area contributed by atoms with E-state index in [0.717, 1.165) is 50.5 Å². The van der Waals surface area contributed by atoms with Crippen LogP contribution in [-0.4, -0.2) is 66.6 Å². The minimum atomic E-state index is -3.34. The summed E-state index contributed by atoms with van der Waals surface area (Å²) in [7, 11) is -1.40. The first-order chi connectivity index (χ1) is 13.2. The van der Waals surface area contributed by atoms with Crippen molar-refractivity contribution in [2.45, 2.75) is 69.6 Å². The van der Waals surface area contributed by atoms with Gasteiger partial charge in [-0.25, -0.2) is 13.1 Å². The van der Waals surface area contributed by atoms with Crippen LogP contribution in [-0.2, 0) is 26.6 Å². The summed E-state index contributed by atoms with van der Waals surface area (Å²) in [6.45, 7) is 2.55. The lowest BCUT2D eigenvalue weighted by atomic mass is 9.85. The molecular formula is C19H32N4O4S. The Morgan fingerprint density at radius 3 is 2.57 bits per heavy atom. The highest BCUT2D eigenvalue weighted by molar-refractivity contribution is 7.88. The number of carbonyl (C=O) groups excluding carboxylic acids is 1. The van der Waals surface area contributed by atoms with E-state index in [-0.39, 0.29) is 24.1 Å². The zero-order valence-electron chi connectivity index (χ0n) is 17.0. The number of rotatable bonds is 6. The van der Waals surface area contributed by atoms with Crippen LogP contribution in [0.4, 0.5) is 0 Å². The predicted molar refractivity (Wildman–Crippen MR) is 106 cm³/mol. The van der Waals surface area contributed by atoms with E-state index >= 15 is 0 Å². The van der Waals surface area contributed by atoms with E-state index < -0.39 is 10.0 Å². The van der Waals surface area contributed by atoms with Gasteiger partial charge in [-0.1, -0.05) is 0 Å². The predicted octanol–water partition coefficient (Wildman–Crippen LogP) is 1.39. The van der Waals surface area contributed by atoms with Gasteiger partial charge in [-0.15, -0.1) is 0 Å². The van der Waals surface area contributed by atoms with Crippen molar-refractivity contribution in [3.8, 4) is 0 Å². The van der Waals surface area contributed by atoms with Crippen LogP contribution in [0.1, 0.15) is 57.1 Å². The maximum Gasteiger partial charge on any atom is 0.219 e. The maximum atomic E-state index is 12.1. The minimum Gasteiger partial charge on any atom is -0.376 e. The molecule has 1 N–H and O–H groups in total. The van der Waals surface area contributed by atoms with E-state index in [1.807, 2.05) is 17.9 Å². The van der Waals surface area contributed by atoms with Gasteiger partial charge in [0.15, 0.2) is 0 Å². The molecule has 0 bridgehead atoms. The second kappa shape index (κ2) is 8.92. The van der Waals surface area contributed by atoms with Gasteiger partial charge in [0, 0.05) is 38.7 Å². The Morgan fingerprint density at radius 1 is 1.29 bits per heavy atom. The third-order valence-electron chi connectivity index (χ3n) is 5.88. The molecule has 0 aromatic carbocycles. The quantitative estimate of drug-likeness (QED) is 0.762. The van der Waals surface area contributed by atoms with Gasteiger partial charge >= 0.3 is 0 Å². The number of aryl methyl sites for hydroxylation is 1. The van der Waals surface area contributed by atoms with Gasteiger partial charge in [0.25, 0.3) is 0 Å². The molecule has 0 unspecified atom stereocenters. The zero-order chi connectivity index (χ0) is 20.3. The van der Waals surface area contributed by atoms with Crippen molar-refractivity contribution in [2.24, 2.45) is 7.05 Å². The summed E-state index contributed by atoms with van der Waals surface area (Å²) < 4.78 is 34.2. The number of nitrogens with zero attached hydrogens (tertiary/aromatic N) is 3. The van der Waals surface area contributed by atoms with Crippen LogP contribution in [0, 0.1) is 0 Å². The highest BCUT2D eigenvalue weighted by Crippen LogP contribution is 2.33. The van der Waals surface area contributed by atoms with E-state index in [4.69, 9.17) is 4.74 Å². The molecule has 158 valence electrons. The van der Waals surface area contributed by atoms with Crippen molar-refractivity contribution < 1.29 is 17.9 Å². The van der Waals surface area contributed by atoms with Crippen LogP contribution < -0.4 is 4.72 Å². The number of amides is 1. The topological polar surface area (TPSA) is 93.5 Å². The number of hydrogen-bond donors (Lipinski definition) is 1. The Balaban J connectivity index is 1.56. The van der Waals surface area contributed by atoms with Gasteiger partial charge in [0.05, 0.1) is 30.7 Å². The summed E-state index contributed by atoms with van der Waals surface area (Å²) in [6.07, 6.45) is 8.78. The summed E-state index contributed by atoms with van der Waals surface area (Å²) in [5.74, 6) is 0.441. The van der Waals surface area contributed by atoms with Crippen LogP contribution in [0.15, 0.2) is 12.3 Å². The number of likely N-dealkylation sites (tertiary alicyclic amines) is 1. The SMILES string of the molecule is CC(=O)N1CCC[C@H](NS(C)(=O)=O)[C@@H]1COC1CCC(c2ccn(C)n2)CC1. The van der Waals surface area contributed by atoms with Crippen molar-refractivity contribution >= 4 is 15.9 Å². The van der Waals surface area contributed by atoms with Crippen LogP contribution >= 0.6 is 0 Å². The molecule has 0 spiro atoms. The average molecular weight is 413 g/mol. The molecule has 2 fully saturated rings. The summed E-state index contributed by atoms with van der Waals surface area (Å²) in [4.78, 5) is 13.8. The molecule has 0 radical (unpaired) electrons. The molecule has 1 aromatic heterocycles. The first-order valence-electron chi connectivity index (χ1n) is 10.1. The fourth-order valence-electron chi connectivity index (χ4n) is 4.48. The first kappa shape index (κ1) is 21.3. The summed E-state index contributed by atoms with van der Waals surface area (Å²) >= 11 is 0. The van der Waals surface area contributed by atoms with Crippen LogP contribution in [0.2, 0.25) is 0 Å². The van der Waals surface area contributed by atoms with E-state index in [0.29, 0.717) is 19.1 Å².